The van der Waals surface area contributed by atoms with Crippen molar-refractivity contribution >= 4 is 5.69 Å². The van der Waals surface area contributed by atoms with Crippen LogP contribution in [-0.4, -0.2) is 26.9 Å². The second kappa shape index (κ2) is 5.77. The summed E-state index contributed by atoms with van der Waals surface area (Å²) in [5, 5.41) is 0. The smallest absolute Gasteiger partial charge is 0.162 e. The van der Waals surface area contributed by atoms with Gasteiger partial charge in [0.1, 0.15) is 0 Å². The van der Waals surface area contributed by atoms with Crippen molar-refractivity contribution in [2.24, 2.45) is 5.92 Å². The van der Waals surface area contributed by atoms with E-state index in [9.17, 15) is 0 Å². The number of hydrogen-bond donors (Lipinski definition) is 1. The Balaban J connectivity index is 1.93. The fourth-order valence-electron chi connectivity index (χ4n) is 1.92. The lowest BCUT2D eigenvalue weighted by molar-refractivity contribution is 0.0493. The Bertz CT molecular complexity index is 362. The molecule has 94 valence electrons. The SMILES string of the molecule is COc1cc(N)ccc1OCC1CCOCC1. The maximum absolute atomic E-state index is 5.79. The first-order chi connectivity index (χ1) is 8.29. The van der Waals surface area contributed by atoms with Gasteiger partial charge < -0.3 is 19.9 Å². The monoisotopic (exact) mass is 237 g/mol. The molecule has 1 aliphatic heterocycles. The van der Waals surface area contributed by atoms with Crippen molar-refractivity contribution in [1.82, 2.24) is 0 Å². The molecule has 0 aromatic heterocycles. The van der Waals surface area contributed by atoms with Crippen LogP contribution >= 0.6 is 0 Å². The molecule has 4 nitrogen and oxygen atoms in total. The summed E-state index contributed by atoms with van der Waals surface area (Å²) in [6.07, 6.45) is 2.13. The number of benzene rings is 1. The summed E-state index contributed by atoms with van der Waals surface area (Å²) in [6.45, 7) is 2.39. The zero-order valence-corrected chi connectivity index (χ0v) is 10.1. The van der Waals surface area contributed by atoms with Crippen LogP contribution in [0.15, 0.2) is 18.2 Å². The van der Waals surface area contributed by atoms with Crippen LogP contribution < -0.4 is 15.2 Å². The molecule has 1 aromatic carbocycles. The molecule has 17 heavy (non-hydrogen) atoms. The van der Waals surface area contributed by atoms with E-state index in [4.69, 9.17) is 19.9 Å². The van der Waals surface area contributed by atoms with Crippen molar-refractivity contribution in [2.45, 2.75) is 12.8 Å². The molecule has 1 heterocycles. The summed E-state index contributed by atoms with van der Waals surface area (Å²) in [5.74, 6) is 2.02. The second-order valence-corrected chi connectivity index (χ2v) is 4.28. The van der Waals surface area contributed by atoms with Crippen LogP contribution in [0.25, 0.3) is 0 Å². The predicted molar refractivity (Wildman–Crippen MR) is 66.4 cm³/mol. The van der Waals surface area contributed by atoms with Gasteiger partial charge in [0.15, 0.2) is 11.5 Å². The maximum atomic E-state index is 5.79. The summed E-state index contributed by atoms with van der Waals surface area (Å²) in [6, 6.07) is 5.45. The standard InChI is InChI=1S/C13H19NO3/c1-15-13-8-11(14)2-3-12(13)17-9-10-4-6-16-7-5-10/h2-3,8,10H,4-7,9,14H2,1H3. The quantitative estimate of drug-likeness (QED) is 0.815. The van der Waals surface area contributed by atoms with Gasteiger partial charge in [-0.05, 0) is 30.9 Å². The predicted octanol–water partition coefficient (Wildman–Crippen LogP) is 2.08. The molecule has 4 heteroatoms. The van der Waals surface area contributed by atoms with Crippen LogP contribution in [0.2, 0.25) is 0 Å². The minimum absolute atomic E-state index is 0.575. The minimum Gasteiger partial charge on any atom is -0.493 e. The van der Waals surface area contributed by atoms with Gasteiger partial charge in [-0.2, -0.15) is 0 Å². The Morgan fingerprint density at radius 2 is 2.06 bits per heavy atom. The van der Waals surface area contributed by atoms with E-state index in [2.05, 4.69) is 0 Å². The van der Waals surface area contributed by atoms with Crippen molar-refractivity contribution in [1.29, 1.82) is 0 Å². The van der Waals surface area contributed by atoms with Crippen molar-refractivity contribution in [2.75, 3.05) is 32.7 Å². The largest absolute Gasteiger partial charge is 0.493 e. The zero-order chi connectivity index (χ0) is 12.1. The van der Waals surface area contributed by atoms with Gasteiger partial charge in [-0.25, -0.2) is 0 Å². The fraction of sp³-hybridized carbons (Fsp3) is 0.538. The van der Waals surface area contributed by atoms with E-state index >= 15 is 0 Å². The van der Waals surface area contributed by atoms with E-state index in [0.29, 0.717) is 24.0 Å². The number of hydrogen-bond acceptors (Lipinski definition) is 4. The summed E-state index contributed by atoms with van der Waals surface area (Å²) in [7, 11) is 1.62. The lowest BCUT2D eigenvalue weighted by Gasteiger charge is -2.22. The van der Waals surface area contributed by atoms with Crippen LogP contribution in [-0.2, 0) is 4.74 Å². The molecule has 2 rings (SSSR count). The molecule has 1 aliphatic rings. The van der Waals surface area contributed by atoms with Crippen LogP contribution in [0.1, 0.15) is 12.8 Å². The highest BCUT2D eigenvalue weighted by atomic mass is 16.5. The fourth-order valence-corrected chi connectivity index (χ4v) is 1.92. The van der Waals surface area contributed by atoms with Gasteiger partial charge in [0.2, 0.25) is 0 Å². The Hall–Kier alpha value is -1.42. The molecular weight excluding hydrogens is 218 g/mol. The van der Waals surface area contributed by atoms with Crippen LogP contribution in [0.5, 0.6) is 11.5 Å². The summed E-state index contributed by atoms with van der Waals surface area (Å²) >= 11 is 0. The maximum Gasteiger partial charge on any atom is 0.162 e. The molecule has 1 aromatic rings. The van der Waals surface area contributed by atoms with Crippen LogP contribution in [0, 0.1) is 5.92 Å². The number of rotatable bonds is 4. The number of anilines is 1. The first kappa shape index (κ1) is 12.0. The van der Waals surface area contributed by atoms with Crippen molar-refractivity contribution < 1.29 is 14.2 Å². The minimum atomic E-state index is 0.575. The third-order valence-electron chi connectivity index (χ3n) is 3.00. The Labute approximate surface area is 102 Å². The molecular formula is C13H19NO3. The zero-order valence-electron chi connectivity index (χ0n) is 10.1. The third-order valence-corrected chi connectivity index (χ3v) is 3.00. The molecule has 0 bridgehead atoms. The Kier molecular flexibility index (Phi) is 4.09. The lowest BCUT2D eigenvalue weighted by atomic mass is 10.0. The van der Waals surface area contributed by atoms with E-state index in [1.807, 2.05) is 12.1 Å². The average Bonchev–Trinajstić information content (AvgIpc) is 2.38. The van der Waals surface area contributed by atoms with E-state index in [1.165, 1.54) is 0 Å². The number of nitrogens with two attached hydrogens (primary N) is 1. The van der Waals surface area contributed by atoms with Gasteiger partial charge in [-0.3, -0.25) is 0 Å². The van der Waals surface area contributed by atoms with E-state index in [1.54, 1.807) is 13.2 Å². The molecule has 0 spiro atoms. The molecule has 2 N–H and O–H groups in total. The van der Waals surface area contributed by atoms with Crippen molar-refractivity contribution in [3.63, 3.8) is 0 Å². The molecule has 0 atom stereocenters. The summed E-state index contributed by atoms with van der Waals surface area (Å²) in [5.41, 5.74) is 6.37. The Morgan fingerprint density at radius 1 is 1.29 bits per heavy atom. The van der Waals surface area contributed by atoms with E-state index in [-0.39, 0.29) is 0 Å². The molecule has 0 aliphatic carbocycles. The van der Waals surface area contributed by atoms with E-state index in [0.717, 1.165) is 31.8 Å². The van der Waals surface area contributed by atoms with Gasteiger partial charge in [0, 0.05) is 25.0 Å². The van der Waals surface area contributed by atoms with E-state index < -0.39 is 0 Å². The molecule has 0 saturated carbocycles. The van der Waals surface area contributed by atoms with Crippen molar-refractivity contribution in [3.05, 3.63) is 18.2 Å². The van der Waals surface area contributed by atoms with Gasteiger partial charge in [-0.15, -0.1) is 0 Å². The molecule has 0 amide bonds. The van der Waals surface area contributed by atoms with Gasteiger partial charge in [0.05, 0.1) is 13.7 Å². The normalized spacial score (nSPS) is 16.8. The van der Waals surface area contributed by atoms with Crippen LogP contribution in [0.4, 0.5) is 5.69 Å². The van der Waals surface area contributed by atoms with Crippen LogP contribution in [0.3, 0.4) is 0 Å². The average molecular weight is 237 g/mol. The van der Waals surface area contributed by atoms with Crippen molar-refractivity contribution in [3.8, 4) is 11.5 Å². The number of ether oxygens (including phenoxy) is 3. The van der Waals surface area contributed by atoms with Gasteiger partial charge >= 0.3 is 0 Å². The molecule has 0 unspecified atom stereocenters. The topological polar surface area (TPSA) is 53.7 Å². The third kappa shape index (κ3) is 3.27. The Morgan fingerprint density at radius 3 is 2.76 bits per heavy atom. The highest BCUT2D eigenvalue weighted by Crippen LogP contribution is 2.30. The molecule has 1 fully saturated rings. The highest BCUT2D eigenvalue weighted by Gasteiger charge is 2.15. The highest BCUT2D eigenvalue weighted by molar-refractivity contribution is 5.51. The summed E-state index contributed by atoms with van der Waals surface area (Å²) in [4.78, 5) is 0. The van der Waals surface area contributed by atoms with Gasteiger partial charge in [0.25, 0.3) is 0 Å². The van der Waals surface area contributed by atoms with Gasteiger partial charge in [-0.1, -0.05) is 0 Å². The first-order valence-electron chi connectivity index (χ1n) is 5.93. The number of methoxy groups -OCH3 is 1. The first-order valence-corrected chi connectivity index (χ1v) is 5.93. The molecule has 0 radical (unpaired) electrons. The number of nitrogen functional groups attached to an aromatic ring is 1. The summed E-state index contributed by atoms with van der Waals surface area (Å²) < 4.78 is 16.3. The second-order valence-electron chi connectivity index (χ2n) is 4.28. The lowest BCUT2D eigenvalue weighted by Crippen LogP contribution is -2.21. The molecule has 1 saturated heterocycles.